The molecular weight excluding hydrogens is 272 g/mol. The maximum absolute atomic E-state index is 12.0. The number of nitrogens with zero attached hydrogens (tertiary/aromatic N) is 1. The number of carbonyl (C=O) groups excluding carboxylic acids is 1. The molecule has 0 saturated carbocycles. The molecule has 1 aliphatic heterocycles. The van der Waals surface area contributed by atoms with E-state index >= 15 is 0 Å². The fraction of sp³-hybridized carbons (Fsp3) is 0.533. The van der Waals surface area contributed by atoms with E-state index in [1.807, 2.05) is 4.90 Å². The third-order valence-corrected chi connectivity index (χ3v) is 3.52. The van der Waals surface area contributed by atoms with Crippen LogP contribution in [-0.4, -0.2) is 55.9 Å². The van der Waals surface area contributed by atoms with E-state index in [0.717, 1.165) is 19.4 Å². The normalized spacial score (nSPS) is 19.1. The first-order valence-corrected chi connectivity index (χ1v) is 7.04. The number of β-amino-alcohol motifs (C(OH)–C–C–N with tert-alkyl or cyclic N) is 1. The average Bonchev–Trinajstić information content (AvgIpc) is 2.47. The number of hydrogen-bond donors (Lipinski definition) is 2. The first-order chi connectivity index (χ1) is 10.1. The van der Waals surface area contributed by atoms with Gasteiger partial charge in [0.15, 0.2) is 11.5 Å². The summed E-state index contributed by atoms with van der Waals surface area (Å²) in [5, 5.41) is 12.4. The highest BCUT2D eigenvalue weighted by Crippen LogP contribution is 2.29. The van der Waals surface area contributed by atoms with Crippen LogP contribution >= 0.6 is 0 Å². The Labute approximate surface area is 124 Å². The van der Waals surface area contributed by atoms with E-state index in [2.05, 4.69) is 5.32 Å². The smallest absolute Gasteiger partial charge is 0.238 e. The number of methoxy groups -OCH3 is 2. The third-order valence-electron chi connectivity index (χ3n) is 3.52. The minimum atomic E-state index is -0.326. The highest BCUT2D eigenvalue weighted by molar-refractivity contribution is 5.92. The number of carbonyl (C=O) groups is 1. The zero-order chi connectivity index (χ0) is 15.2. The Kier molecular flexibility index (Phi) is 5.41. The molecule has 0 bridgehead atoms. The number of amides is 1. The number of rotatable bonds is 5. The Bertz CT molecular complexity index is 493. The van der Waals surface area contributed by atoms with Crippen LogP contribution in [0.25, 0.3) is 0 Å². The topological polar surface area (TPSA) is 71.0 Å². The second-order valence-corrected chi connectivity index (χ2v) is 5.15. The lowest BCUT2D eigenvalue weighted by molar-refractivity contribution is -0.118. The highest BCUT2D eigenvalue weighted by Gasteiger charge is 2.19. The van der Waals surface area contributed by atoms with E-state index < -0.39 is 0 Å². The number of nitrogens with one attached hydrogen (secondary N) is 1. The van der Waals surface area contributed by atoms with Crippen molar-refractivity contribution in [3.05, 3.63) is 18.2 Å². The Morgan fingerprint density at radius 1 is 1.38 bits per heavy atom. The predicted molar refractivity (Wildman–Crippen MR) is 79.9 cm³/mol. The maximum Gasteiger partial charge on any atom is 0.238 e. The summed E-state index contributed by atoms with van der Waals surface area (Å²) < 4.78 is 10.4. The standard InChI is InChI=1S/C15H22N2O4/c1-20-13-6-5-11(8-14(13)21-2)16-15(19)10-17-7-3-4-12(18)9-17/h5-6,8,12,18H,3-4,7,9-10H2,1-2H3,(H,16,19). The summed E-state index contributed by atoms with van der Waals surface area (Å²) in [5.41, 5.74) is 0.662. The third kappa shape index (κ3) is 4.34. The summed E-state index contributed by atoms with van der Waals surface area (Å²) in [4.78, 5) is 14.0. The van der Waals surface area contributed by atoms with Gasteiger partial charge in [-0.1, -0.05) is 0 Å². The molecule has 6 nitrogen and oxygen atoms in total. The van der Waals surface area contributed by atoms with Crippen LogP contribution in [0.3, 0.4) is 0 Å². The molecule has 116 valence electrons. The molecule has 1 fully saturated rings. The van der Waals surface area contributed by atoms with E-state index in [-0.39, 0.29) is 18.6 Å². The molecule has 1 unspecified atom stereocenters. The van der Waals surface area contributed by atoms with Gasteiger partial charge < -0.3 is 19.9 Å². The van der Waals surface area contributed by atoms with Crippen molar-refractivity contribution in [2.24, 2.45) is 0 Å². The first kappa shape index (κ1) is 15.6. The van der Waals surface area contributed by atoms with Gasteiger partial charge in [-0.3, -0.25) is 9.69 Å². The SMILES string of the molecule is COc1ccc(NC(=O)CN2CCCC(O)C2)cc1OC. The van der Waals surface area contributed by atoms with Crippen LogP contribution in [0.15, 0.2) is 18.2 Å². The van der Waals surface area contributed by atoms with Gasteiger partial charge in [0.25, 0.3) is 0 Å². The van der Waals surface area contributed by atoms with Gasteiger partial charge in [0.2, 0.25) is 5.91 Å². The van der Waals surface area contributed by atoms with E-state index in [1.54, 1.807) is 32.4 Å². The molecule has 2 rings (SSSR count). The van der Waals surface area contributed by atoms with E-state index in [9.17, 15) is 9.90 Å². The summed E-state index contributed by atoms with van der Waals surface area (Å²) >= 11 is 0. The molecule has 6 heteroatoms. The van der Waals surface area contributed by atoms with Crippen LogP contribution in [0.1, 0.15) is 12.8 Å². The van der Waals surface area contributed by atoms with Crippen molar-refractivity contribution in [3.63, 3.8) is 0 Å². The largest absolute Gasteiger partial charge is 0.493 e. The van der Waals surface area contributed by atoms with Crippen LogP contribution < -0.4 is 14.8 Å². The quantitative estimate of drug-likeness (QED) is 0.851. The van der Waals surface area contributed by atoms with Gasteiger partial charge in [0, 0.05) is 18.3 Å². The fourth-order valence-electron chi connectivity index (χ4n) is 2.49. The Morgan fingerprint density at radius 2 is 2.14 bits per heavy atom. The lowest BCUT2D eigenvalue weighted by Crippen LogP contribution is -2.42. The molecule has 0 aliphatic carbocycles. The number of aliphatic hydroxyl groups excluding tert-OH is 1. The van der Waals surface area contributed by atoms with Gasteiger partial charge >= 0.3 is 0 Å². The zero-order valence-corrected chi connectivity index (χ0v) is 12.5. The molecule has 1 aliphatic rings. The zero-order valence-electron chi connectivity index (χ0n) is 12.5. The highest BCUT2D eigenvalue weighted by atomic mass is 16.5. The maximum atomic E-state index is 12.0. The molecule has 0 aromatic heterocycles. The number of anilines is 1. The number of aliphatic hydroxyl groups is 1. The van der Waals surface area contributed by atoms with Crippen molar-refractivity contribution in [1.82, 2.24) is 4.90 Å². The van der Waals surface area contributed by atoms with Crippen molar-refractivity contribution in [2.45, 2.75) is 18.9 Å². The molecule has 0 radical (unpaired) electrons. The van der Waals surface area contributed by atoms with Crippen molar-refractivity contribution < 1.29 is 19.4 Å². The van der Waals surface area contributed by atoms with Gasteiger partial charge in [-0.2, -0.15) is 0 Å². The van der Waals surface area contributed by atoms with Crippen molar-refractivity contribution in [2.75, 3.05) is 39.2 Å². The van der Waals surface area contributed by atoms with E-state index in [1.165, 1.54) is 0 Å². The second-order valence-electron chi connectivity index (χ2n) is 5.15. The molecular formula is C15H22N2O4. The number of ether oxygens (including phenoxy) is 2. The Hall–Kier alpha value is -1.79. The van der Waals surface area contributed by atoms with Crippen LogP contribution in [0.2, 0.25) is 0 Å². The molecule has 21 heavy (non-hydrogen) atoms. The van der Waals surface area contributed by atoms with Gasteiger partial charge in [-0.25, -0.2) is 0 Å². The van der Waals surface area contributed by atoms with Crippen molar-refractivity contribution >= 4 is 11.6 Å². The summed E-state index contributed by atoms with van der Waals surface area (Å²) in [5.74, 6) is 1.09. The van der Waals surface area contributed by atoms with Crippen LogP contribution in [-0.2, 0) is 4.79 Å². The number of hydrogen-bond acceptors (Lipinski definition) is 5. The fourth-order valence-corrected chi connectivity index (χ4v) is 2.49. The van der Waals surface area contributed by atoms with Crippen LogP contribution in [0.5, 0.6) is 11.5 Å². The Morgan fingerprint density at radius 3 is 2.81 bits per heavy atom. The van der Waals surface area contributed by atoms with E-state index in [0.29, 0.717) is 23.7 Å². The van der Waals surface area contributed by atoms with Crippen molar-refractivity contribution in [1.29, 1.82) is 0 Å². The molecule has 1 atom stereocenters. The van der Waals surface area contributed by atoms with Gasteiger partial charge in [0.05, 0.1) is 26.9 Å². The molecule has 1 aromatic rings. The summed E-state index contributed by atoms with van der Waals surface area (Å²) in [6.07, 6.45) is 1.41. The van der Waals surface area contributed by atoms with Gasteiger partial charge in [-0.15, -0.1) is 0 Å². The molecule has 1 heterocycles. The average molecular weight is 294 g/mol. The van der Waals surface area contributed by atoms with Gasteiger partial charge in [-0.05, 0) is 31.5 Å². The summed E-state index contributed by atoms with van der Waals surface area (Å²) in [6, 6.07) is 5.24. The summed E-state index contributed by atoms with van der Waals surface area (Å²) in [7, 11) is 3.12. The molecule has 1 saturated heterocycles. The van der Waals surface area contributed by atoms with Gasteiger partial charge in [0.1, 0.15) is 0 Å². The van der Waals surface area contributed by atoms with Crippen molar-refractivity contribution in [3.8, 4) is 11.5 Å². The number of benzene rings is 1. The Balaban J connectivity index is 1.93. The molecule has 1 amide bonds. The second kappa shape index (κ2) is 7.28. The summed E-state index contributed by atoms with van der Waals surface area (Å²) in [6.45, 7) is 1.68. The minimum absolute atomic E-state index is 0.101. The lowest BCUT2D eigenvalue weighted by atomic mass is 10.1. The monoisotopic (exact) mass is 294 g/mol. The lowest BCUT2D eigenvalue weighted by Gasteiger charge is -2.29. The van der Waals surface area contributed by atoms with E-state index in [4.69, 9.17) is 9.47 Å². The predicted octanol–water partition coefficient (Wildman–Crippen LogP) is 1.10. The first-order valence-electron chi connectivity index (χ1n) is 7.04. The molecule has 2 N–H and O–H groups in total. The minimum Gasteiger partial charge on any atom is -0.493 e. The number of piperidine rings is 1. The van der Waals surface area contributed by atoms with Crippen LogP contribution in [0.4, 0.5) is 5.69 Å². The van der Waals surface area contributed by atoms with Crippen LogP contribution in [0, 0.1) is 0 Å². The number of likely N-dealkylation sites (tertiary alicyclic amines) is 1. The molecule has 1 aromatic carbocycles. The molecule has 0 spiro atoms.